The lowest BCUT2D eigenvalue weighted by molar-refractivity contribution is -0.199. The van der Waals surface area contributed by atoms with Crippen molar-refractivity contribution in [2.24, 2.45) is 46.3 Å². The number of ether oxygens (including phenoxy) is 1. The number of esters is 1. The first kappa shape index (κ1) is 34.9. The molecule has 0 radical (unpaired) electrons. The molecule has 5 nitrogen and oxygen atoms in total. The van der Waals surface area contributed by atoms with Crippen molar-refractivity contribution < 1.29 is 22.8 Å². The maximum Gasteiger partial charge on any atom is 0.305 e. The minimum Gasteiger partial charge on any atom is -0.469 e. The van der Waals surface area contributed by atoms with Crippen molar-refractivity contribution in [2.45, 2.75) is 156 Å². The van der Waals surface area contributed by atoms with E-state index >= 15 is 0 Å². The molecule has 0 amide bonds. The van der Waals surface area contributed by atoms with Gasteiger partial charge in [0, 0.05) is 18.6 Å². The third-order valence-electron chi connectivity index (χ3n) is 12.0. The molecule has 4 aliphatic rings. The van der Waals surface area contributed by atoms with Crippen LogP contribution in [0.15, 0.2) is 0 Å². The van der Waals surface area contributed by atoms with Crippen LogP contribution in [0.3, 0.4) is 0 Å². The zero-order chi connectivity index (χ0) is 31.5. The number of hydrogen-bond acceptors (Lipinski definition) is 5. The average Bonchev–Trinajstić information content (AvgIpc) is 3.19. The maximum absolute atomic E-state index is 12.1. The molecule has 0 heterocycles. The van der Waals surface area contributed by atoms with E-state index in [1.165, 1.54) is 52.1 Å². The van der Waals surface area contributed by atoms with E-state index in [0.717, 1.165) is 6.42 Å². The molecule has 8 heteroatoms. The fraction of sp³-hybridized carbons (Fsp3) is 0.971. The molecule has 0 spiro atoms. The molecular weight excluding hydrogens is 573 g/mol. The molecule has 42 heavy (non-hydrogen) atoms. The lowest BCUT2D eigenvalue weighted by Gasteiger charge is -2.66. The smallest absolute Gasteiger partial charge is 0.305 e. The molecule has 244 valence electrons. The Bertz CT molecular complexity index is 954. The van der Waals surface area contributed by atoms with Gasteiger partial charge in [0.1, 0.15) is 0 Å². The molecule has 0 aromatic carbocycles. The van der Waals surface area contributed by atoms with Crippen molar-refractivity contribution >= 4 is 30.9 Å². The van der Waals surface area contributed by atoms with E-state index in [2.05, 4.69) is 79.7 Å². The Hall–Kier alpha value is 0.000649. The highest BCUT2D eigenvalue weighted by Crippen LogP contribution is 2.69. The van der Waals surface area contributed by atoms with Gasteiger partial charge in [0.15, 0.2) is 25.0 Å². The number of carbonyl (C=O) groups is 1. The lowest BCUT2D eigenvalue weighted by atomic mass is 9.43. The van der Waals surface area contributed by atoms with Crippen molar-refractivity contribution in [1.29, 1.82) is 0 Å². The molecule has 0 aliphatic heterocycles. The van der Waals surface area contributed by atoms with Crippen LogP contribution in [-0.4, -0.2) is 56.3 Å². The first-order valence-electron chi connectivity index (χ1n) is 17.3. The van der Waals surface area contributed by atoms with Gasteiger partial charge >= 0.3 is 5.97 Å². The fourth-order valence-corrected chi connectivity index (χ4v) is 14.1. The fourth-order valence-electron chi connectivity index (χ4n) is 10.5. The van der Waals surface area contributed by atoms with Gasteiger partial charge in [-0.15, -0.1) is 0 Å². The zero-order valence-corrected chi connectivity index (χ0v) is 32.6. The summed E-state index contributed by atoms with van der Waals surface area (Å²) in [5.41, 5.74) is 0.430. The van der Waals surface area contributed by atoms with Crippen molar-refractivity contribution in [1.82, 2.24) is 0 Å². The summed E-state index contributed by atoms with van der Waals surface area (Å²) in [6.45, 7) is 29.0. The van der Waals surface area contributed by atoms with Crippen molar-refractivity contribution in [3.05, 3.63) is 0 Å². The molecule has 4 fully saturated rings. The first-order valence-corrected chi connectivity index (χ1v) is 27.5. The minimum atomic E-state index is -1.79. The third kappa shape index (κ3) is 7.35. The van der Waals surface area contributed by atoms with E-state index in [-0.39, 0.29) is 17.5 Å². The quantitative estimate of drug-likeness (QED) is 0.176. The first-order chi connectivity index (χ1) is 19.2. The minimum absolute atomic E-state index is 0.0799. The Morgan fingerprint density at radius 3 is 2.00 bits per heavy atom. The largest absolute Gasteiger partial charge is 0.469 e. The summed E-state index contributed by atoms with van der Waals surface area (Å²) in [7, 11) is -3.61. The second kappa shape index (κ2) is 12.3. The van der Waals surface area contributed by atoms with Crippen molar-refractivity contribution in [2.75, 3.05) is 7.11 Å². The van der Waals surface area contributed by atoms with Crippen LogP contribution in [0, 0.1) is 46.3 Å². The standard InChI is InChI=1S/C34H66O5Si3/c1-23(14-17-31(35)36-4)26-15-16-27-32-28(22-30(34(26,27)3)39-42(11,12)13)33(2)19-18-25(37-40(5,6)7)20-24(33)21-29(32)38-41(8,9)10/h23-30,32H,14-22H2,1-13H3/t23?,24-,25+,26?,27?,28?,29+,30-,32?,33?,34?/m0/s1. The van der Waals surface area contributed by atoms with Gasteiger partial charge in [-0.2, -0.15) is 0 Å². The summed E-state index contributed by atoms with van der Waals surface area (Å²) in [5.74, 6) is 3.45. The number of fused-ring (bicyclic) bond motifs is 5. The van der Waals surface area contributed by atoms with Crippen LogP contribution in [0.1, 0.15) is 78.6 Å². The highest BCUT2D eigenvalue weighted by atomic mass is 28.4. The summed E-state index contributed by atoms with van der Waals surface area (Å²) >= 11 is 0. The van der Waals surface area contributed by atoms with E-state index in [0.29, 0.717) is 59.6 Å². The van der Waals surface area contributed by atoms with Crippen LogP contribution in [0.2, 0.25) is 58.9 Å². The Kier molecular flexibility index (Phi) is 10.2. The Morgan fingerprint density at radius 1 is 0.810 bits per heavy atom. The van der Waals surface area contributed by atoms with Gasteiger partial charge in [-0.3, -0.25) is 4.79 Å². The van der Waals surface area contributed by atoms with Gasteiger partial charge in [-0.25, -0.2) is 0 Å². The van der Waals surface area contributed by atoms with Crippen LogP contribution >= 0.6 is 0 Å². The molecule has 11 atom stereocenters. The summed E-state index contributed by atoms with van der Waals surface area (Å²) in [4.78, 5) is 12.1. The molecule has 0 aromatic heterocycles. The van der Waals surface area contributed by atoms with E-state index in [4.69, 9.17) is 18.0 Å². The highest BCUT2D eigenvalue weighted by molar-refractivity contribution is 6.70. The molecule has 4 aliphatic carbocycles. The molecule has 0 saturated heterocycles. The van der Waals surface area contributed by atoms with Crippen LogP contribution in [-0.2, 0) is 22.8 Å². The van der Waals surface area contributed by atoms with Crippen LogP contribution in [0.25, 0.3) is 0 Å². The van der Waals surface area contributed by atoms with Gasteiger partial charge in [0.25, 0.3) is 0 Å². The zero-order valence-electron chi connectivity index (χ0n) is 29.6. The van der Waals surface area contributed by atoms with Crippen LogP contribution < -0.4 is 0 Å². The number of rotatable bonds is 10. The number of methoxy groups -OCH3 is 1. The SMILES string of the molecule is COC(=O)CCC(C)C1CCC2C3C(C[C@H](O[Si](C)(C)C)C12C)C1(C)CC[C@@H](O[Si](C)(C)C)C[C@H]1C[C@H]3O[Si](C)(C)C. The van der Waals surface area contributed by atoms with Crippen molar-refractivity contribution in [3.8, 4) is 0 Å². The Morgan fingerprint density at radius 2 is 1.43 bits per heavy atom. The Labute approximate surface area is 262 Å². The highest BCUT2D eigenvalue weighted by Gasteiger charge is 2.67. The Balaban J connectivity index is 1.72. The summed E-state index contributed by atoms with van der Waals surface area (Å²) < 4.78 is 26.4. The topological polar surface area (TPSA) is 54.0 Å². The van der Waals surface area contributed by atoms with Crippen molar-refractivity contribution in [3.63, 3.8) is 0 Å². The predicted molar refractivity (Wildman–Crippen MR) is 181 cm³/mol. The monoisotopic (exact) mass is 638 g/mol. The molecule has 0 aromatic rings. The normalized spacial score (nSPS) is 41.5. The summed E-state index contributed by atoms with van der Waals surface area (Å²) in [6.07, 6.45) is 11.0. The van der Waals surface area contributed by atoms with E-state index in [1.807, 2.05) is 0 Å². The molecule has 0 N–H and O–H groups in total. The number of carbonyl (C=O) groups excluding carboxylic acids is 1. The summed E-state index contributed by atoms with van der Waals surface area (Å²) in [5, 5.41) is 0. The molecule has 4 saturated carbocycles. The van der Waals surface area contributed by atoms with Gasteiger partial charge < -0.3 is 18.0 Å². The molecule has 4 rings (SSSR count). The lowest BCUT2D eigenvalue weighted by Crippen LogP contribution is -2.64. The average molecular weight is 639 g/mol. The molecule has 7 unspecified atom stereocenters. The van der Waals surface area contributed by atoms with E-state index in [1.54, 1.807) is 0 Å². The molecule has 0 bridgehead atoms. The third-order valence-corrected chi connectivity index (χ3v) is 15.0. The van der Waals surface area contributed by atoms with Gasteiger partial charge in [-0.1, -0.05) is 20.8 Å². The van der Waals surface area contributed by atoms with Gasteiger partial charge in [-0.05, 0) is 157 Å². The predicted octanol–water partition coefficient (Wildman–Crippen LogP) is 9.11. The maximum atomic E-state index is 12.1. The van der Waals surface area contributed by atoms with E-state index in [9.17, 15) is 4.79 Å². The number of hydrogen-bond donors (Lipinski definition) is 0. The van der Waals surface area contributed by atoms with Gasteiger partial charge in [0.05, 0.1) is 13.2 Å². The van der Waals surface area contributed by atoms with Gasteiger partial charge in [0.2, 0.25) is 0 Å². The van der Waals surface area contributed by atoms with Crippen LogP contribution in [0.4, 0.5) is 0 Å². The van der Waals surface area contributed by atoms with E-state index < -0.39 is 25.0 Å². The van der Waals surface area contributed by atoms with Crippen LogP contribution in [0.5, 0.6) is 0 Å². The molecular formula is C34H66O5Si3. The second-order valence-corrected chi connectivity index (χ2v) is 31.6. The summed E-state index contributed by atoms with van der Waals surface area (Å²) in [6, 6.07) is 0. The second-order valence-electron chi connectivity index (χ2n) is 18.2.